The lowest BCUT2D eigenvalue weighted by Crippen LogP contribution is -2.26. The number of rotatable bonds is 4. The van der Waals surface area contributed by atoms with Crippen molar-refractivity contribution >= 4 is 23.5 Å². The van der Waals surface area contributed by atoms with Crippen molar-refractivity contribution in [2.24, 2.45) is 0 Å². The van der Waals surface area contributed by atoms with Crippen molar-refractivity contribution in [2.75, 3.05) is 19.0 Å². The average Bonchev–Trinajstić information content (AvgIpc) is 2.62. The molecule has 0 unspecified atom stereocenters. The molecule has 0 saturated carbocycles. The van der Waals surface area contributed by atoms with E-state index >= 15 is 0 Å². The second kappa shape index (κ2) is 7.92. The summed E-state index contributed by atoms with van der Waals surface area (Å²) >= 11 is 0. The molecule has 0 fully saturated rings. The number of ether oxygens (including phenoxy) is 2. The van der Waals surface area contributed by atoms with Gasteiger partial charge in [-0.1, -0.05) is 36.4 Å². The molecule has 1 amide bonds. The molecule has 0 aliphatic carbocycles. The number of carbonyl (C=O) groups is 3. The van der Waals surface area contributed by atoms with Crippen LogP contribution in [0, 0.1) is 0 Å². The van der Waals surface area contributed by atoms with E-state index in [1.54, 1.807) is 25.1 Å². The van der Waals surface area contributed by atoms with Crippen LogP contribution in [0.15, 0.2) is 48.5 Å². The molecule has 2 rings (SSSR count). The largest absolute Gasteiger partial charge is 0.465 e. The Morgan fingerprint density at radius 1 is 1.00 bits per heavy atom. The van der Waals surface area contributed by atoms with Crippen LogP contribution in [0.25, 0.3) is 11.1 Å². The summed E-state index contributed by atoms with van der Waals surface area (Å²) in [4.78, 5) is 35.2. The number of anilines is 1. The third kappa shape index (κ3) is 3.98. The van der Waals surface area contributed by atoms with E-state index in [4.69, 9.17) is 4.74 Å². The molecular weight excluding hydrogens is 310 g/mol. The molecule has 6 heteroatoms. The summed E-state index contributed by atoms with van der Waals surface area (Å²) in [5.74, 6) is -2.58. The predicted octanol–water partition coefficient (Wildman–Crippen LogP) is 2.64. The summed E-state index contributed by atoms with van der Waals surface area (Å²) < 4.78 is 9.38. The minimum absolute atomic E-state index is 0.0864. The standard InChI is InChI=1S/C18H17NO5/c1-3-24-18(22)16(20)19-15-10-9-13(11-14(15)17(21)23-2)12-7-5-4-6-8-12/h4-11H,3H2,1-2H3,(H,19,20). The van der Waals surface area contributed by atoms with Crippen LogP contribution in [0.4, 0.5) is 5.69 Å². The van der Waals surface area contributed by atoms with Gasteiger partial charge in [-0.2, -0.15) is 0 Å². The van der Waals surface area contributed by atoms with Crippen LogP contribution < -0.4 is 5.32 Å². The molecule has 0 aliphatic rings. The van der Waals surface area contributed by atoms with Gasteiger partial charge >= 0.3 is 17.8 Å². The first-order valence-corrected chi connectivity index (χ1v) is 7.32. The van der Waals surface area contributed by atoms with E-state index in [-0.39, 0.29) is 17.9 Å². The van der Waals surface area contributed by atoms with Crippen molar-refractivity contribution in [1.82, 2.24) is 0 Å². The second-order valence-corrected chi connectivity index (χ2v) is 4.79. The molecule has 0 atom stereocenters. The Kier molecular flexibility index (Phi) is 5.68. The fourth-order valence-corrected chi connectivity index (χ4v) is 2.11. The van der Waals surface area contributed by atoms with Crippen molar-refractivity contribution in [3.05, 3.63) is 54.1 Å². The normalized spacial score (nSPS) is 9.92. The highest BCUT2D eigenvalue weighted by Crippen LogP contribution is 2.26. The second-order valence-electron chi connectivity index (χ2n) is 4.79. The summed E-state index contributed by atoms with van der Waals surface area (Å²) in [5, 5.41) is 2.37. The Hall–Kier alpha value is -3.15. The molecule has 0 bridgehead atoms. The highest BCUT2D eigenvalue weighted by atomic mass is 16.5. The Morgan fingerprint density at radius 3 is 2.33 bits per heavy atom. The predicted molar refractivity (Wildman–Crippen MR) is 88.5 cm³/mol. The van der Waals surface area contributed by atoms with E-state index in [2.05, 4.69) is 10.1 Å². The number of esters is 2. The number of benzene rings is 2. The molecular formula is C18H17NO5. The number of hydrogen-bond acceptors (Lipinski definition) is 5. The zero-order valence-electron chi connectivity index (χ0n) is 13.4. The molecule has 0 aliphatic heterocycles. The molecule has 1 N–H and O–H groups in total. The molecule has 2 aromatic carbocycles. The Bertz CT molecular complexity index is 755. The number of methoxy groups -OCH3 is 1. The highest BCUT2D eigenvalue weighted by Gasteiger charge is 2.20. The van der Waals surface area contributed by atoms with E-state index in [0.29, 0.717) is 0 Å². The maximum Gasteiger partial charge on any atom is 0.397 e. The molecule has 124 valence electrons. The van der Waals surface area contributed by atoms with E-state index in [0.717, 1.165) is 11.1 Å². The molecule has 0 saturated heterocycles. The fourth-order valence-electron chi connectivity index (χ4n) is 2.11. The van der Waals surface area contributed by atoms with Crippen LogP contribution in [0.1, 0.15) is 17.3 Å². The van der Waals surface area contributed by atoms with Crippen LogP contribution in [0.5, 0.6) is 0 Å². The zero-order valence-corrected chi connectivity index (χ0v) is 13.4. The van der Waals surface area contributed by atoms with Gasteiger partial charge in [-0.3, -0.25) is 4.79 Å². The van der Waals surface area contributed by atoms with Crippen LogP contribution in [0.2, 0.25) is 0 Å². The average molecular weight is 327 g/mol. The first-order chi connectivity index (χ1) is 11.6. The summed E-state index contributed by atoms with van der Waals surface area (Å²) in [7, 11) is 1.24. The maximum absolute atomic E-state index is 12.0. The van der Waals surface area contributed by atoms with Gasteiger partial charge in [0.1, 0.15) is 0 Å². The minimum atomic E-state index is -1.01. The van der Waals surface area contributed by atoms with Gasteiger partial charge in [-0.25, -0.2) is 9.59 Å². The Morgan fingerprint density at radius 2 is 1.71 bits per heavy atom. The zero-order chi connectivity index (χ0) is 17.5. The molecule has 6 nitrogen and oxygen atoms in total. The number of carbonyl (C=O) groups excluding carboxylic acids is 3. The van der Waals surface area contributed by atoms with E-state index in [1.807, 2.05) is 30.3 Å². The topological polar surface area (TPSA) is 81.7 Å². The lowest BCUT2D eigenvalue weighted by atomic mass is 10.0. The van der Waals surface area contributed by atoms with Crippen LogP contribution in [-0.4, -0.2) is 31.6 Å². The van der Waals surface area contributed by atoms with Gasteiger partial charge in [0.15, 0.2) is 0 Å². The molecule has 2 aromatic rings. The van der Waals surface area contributed by atoms with Gasteiger partial charge in [0.2, 0.25) is 0 Å². The van der Waals surface area contributed by atoms with Crippen LogP contribution in [0.3, 0.4) is 0 Å². The maximum atomic E-state index is 12.0. The van der Waals surface area contributed by atoms with Gasteiger partial charge in [0.05, 0.1) is 25.0 Å². The van der Waals surface area contributed by atoms with E-state index in [1.165, 1.54) is 7.11 Å². The third-order valence-electron chi connectivity index (χ3n) is 3.24. The summed E-state index contributed by atoms with van der Waals surface area (Å²) in [6.45, 7) is 1.68. The van der Waals surface area contributed by atoms with Crippen LogP contribution in [-0.2, 0) is 19.1 Å². The van der Waals surface area contributed by atoms with Crippen molar-refractivity contribution in [3.8, 4) is 11.1 Å². The first-order valence-electron chi connectivity index (χ1n) is 7.32. The summed E-state index contributed by atoms with van der Waals surface area (Å²) in [5.41, 5.74) is 2.02. The van der Waals surface area contributed by atoms with Gasteiger partial charge in [-0.05, 0) is 30.2 Å². The fraction of sp³-hybridized carbons (Fsp3) is 0.167. The monoisotopic (exact) mass is 327 g/mol. The van der Waals surface area contributed by atoms with Crippen LogP contribution >= 0.6 is 0 Å². The lowest BCUT2D eigenvalue weighted by Gasteiger charge is -2.11. The summed E-state index contributed by atoms with van der Waals surface area (Å²) in [6.07, 6.45) is 0. The van der Waals surface area contributed by atoms with E-state index < -0.39 is 17.8 Å². The van der Waals surface area contributed by atoms with Crippen molar-refractivity contribution < 1.29 is 23.9 Å². The van der Waals surface area contributed by atoms with Crippen molar-refractivity contribution in [1.29, 1.82) is 0 Å². The van der Waals surface area contributed by atoms with E-state index in [9.17, 15) is 14.4 Å². The number of amides is 1. The SMILES string of the molecule is CCOC(=O)C(=O)Nc1ccc(-c2ccccc2)cc1C(=O)OC. The Labute approximate surface area is 139 Å². The number of hydrogen-bond donors (Lipinski definition) is 1. The minimum Gasteiger partial charge on any atom is -0.465 e. The van der Waals surface area contributed by atoms with Crippen molar-refractivity contribution in [2.45, 2.75) is 6.92 Å². The molecule has 0 spiro atoms. The van der Waals surface area contributed by atoms with Gasteiger partial charge in [-0.15, -0.1) is 0 Å². The molecule has 0 aromatic heterocycles. The smallest absolute Gasteiger partial charge is 0.397 e. The van der Waals surface area contributed by atoms with Gasteiger partial charge in [0.25, 0.3) is 0 Å². The Balaban J connectivity index is 2.36. The third-order valence-corrected chi connectivity index (χ3v) is 3.24. The molecule has 24 heavy (non-hydrogen) atoms. The number of nitrogens with one attached hydrogen (secondary N) is 1. The van der Waals surface area contributed by atoms with Gasteiger partial charge in [0, 0.05) is 0 Å². The molecule has 0 heterocycles. The highest BCUT2D eigenvalue weighted by molar-refractivity contribution is 6.37. The van der Waals surface area contributed by atoms with Crippen molar-refractivity contribution in [3.63, 3.8) is 0 Å². The lowest BCUT2D eigenvalue weighted by molar-refractivity contribution is -0.152. The quantitative estimate of drug-likeness (QED) is 0.689. The summed E-state index contributed by atoms with van der Waals surface area (Å²) in [6, 6.07) is 14.3. The van der Waals surface area contributed by atoms with Gasteiger partial charge < -0.3 is 14.8 Å². The first kappa shape index (κ1) is 17.2. The molecule has 0 radical (unpaired) electrons.